The van der Waals surface area contributed by atoms with Gasteiger partial charge in [-0.05, 0) is 6.42 Å². The van der Waals surface area contributed by atoms with Crippen molar-refractivity contribution in [3.8, 4) is 0 Å². The van der Waals surface area contributed by atoms with Gasteiger partial charge in [-0.1, -0.05) is 26.2 Å². The van der Waals surface area contributed by atoms with E-state index in [2.05, 4.69) is 19.7 Å². The number of esters is 3. The predicted molar refractivity (Wildman–Crippen MR) is 89.5 cm³/mol. The van der Waals surface area contributed by atoms with Gasteiger partial charge in [0.25, 0.3) is 0 Å². The normalized spacial score (nSPS) is 38.5. The van der Waals surface area contributed by atoms with Gasteiger partial charge in [0.2, 0.25) is 0 Å². The molecule has 26 heavy (non-hydrogen) atoms. The van der Waals surface area contributed by atoms with Gasteiger partial charge in [0.05, 0.1) is 18.1 Å². The number of aliphatic hydroxyl groups is 1. The molecule has 0 spiro atoms. The lowest BCUT2D eigenvalue weighted by atomic mass is 9.57. The summed E-state index contributed by atoms with van der Waals surface area (Å²) in [4.78, 5) is 36.4. The Kier molecular flexibility index (Phi) is 4.52. The molecule has 1 aliphatic carbocycles. The Morgan fingerprint density at radius 3 is 2.77 bits per heavy atom. The number of carbonyl (C=O) groups excluding carboxylic acids is 3. The van der Waals surface area contributed by atoms with Crippen molar-refractivity contribution in [3.63, 3.8) is 0 Å². The Bertz CT molecular complexity index is 709. The third-order valence-corrected chi connectivity index (χ3v) is 5.79. The minimum absolute atomic E-state index is 0.0448. The van der Waals surface area contributed by atoms with Crippen molar-refractivity contribution in [1.29, 1.82) is 0 Å². The van der Waals surface area contributed by atoms with E-state index < -0.39 is 59.9 Å². The summed E-state index contributed by atoms with van der Waals surface area (Å²) in [5.41, 5.74) is -0.589. The van der Waals surface area contributed by atoms with Crippen LogP contribution in [0.5, 0.6) is 0 Å². The van der Waals surface area contributed by atoms with Crippen molar-refractivity contribution in [2.75, 3.05) is 13.2 Å². The predicted octanol–water partition coefficient (Wildman–Crippen LogP) is 0.930. The molecule has 7 heteroatoms. The van der Waals surface area contributed by atoms with Crippen LogP contribution in [0.2, 0.25) is 0 Å². The molecule has 0 radical (unpaired) electrons. The molecule has 2 saturated heterocycles. The molecule has 1 saturated carbocycles. The SMILES string of the molecule is C=C[C@@]12COC(=O)C(=C)[C@@H]1[C@H]1OC(=O)[C@H](C)[C@@H]1[C@@H](OC(=O)C(=C)CO)C2. The number of ether oxygens (including phenoxy) is 3. The van der Waals surface area contributed by atoms with Crippen LogP contribution in [-0.4, -0.2) is 48.4 Å². The van der Waals surface area contributed by atoms with Crippen molar-refractivity contribution in [2.45, 2.75) is 25.6 Å². The smallest absolute Gasteiger partial charge is 0.336 e. The maximum absolute atomic E-state index is 12.2. The summed E-state index contributed by atoms with van der Waals surface area (Å²) in [6.45, 7) is 12.4. The third-order valence-electron chi connectivity index (χ3n) is 5.79. The van der Waals surface area contributed by atoms with Crippen LogP contribution in [-0.2, 0) is 28.6 Å². The number of rotatable bonds is 4. The summed E-state index contributed by atoms with van der Waals surface area (Å²) < 4.78 is 16.4. The quantitative estimate of drug-likeness (QED) is 0.344. The second kappa shape index (κ2) is 6.39. The van der Waals surface area contributed by atoms with Crippen LogP contribution in [0.1, 0.15) is 13.3 Å². The Morgan fingerprint density at radius 2 is 2.15 bits per heavy atom. The molecule has 7 nitrogen and oxygen atoms in total. The minimum Gasteiger partial charge on any atom is -0.461 e. The average molecular weight is 362 g/mol. The molecule has 140 valence electrons. The van der Waals surface area contributed by atoms with E-state index in [0.717, 1.165) is 0 Å². The van der Waals surface area contributed by atoms with E-state index in [4.69, 9.17) is 19.3 Å². The molecule has 0 aromatic heterocycles. The summed E-state index contributed by atoms with van der Waals surface area (Å²) in [7, 11) is 0. The van der Waals surface area contributed by atoms with Crippen LogP contribution in [0.4, 0.5) is 0 Å². The summed E-state index contributed by atoms with van der Waals surface area (Å²) in [5, 5.41) is 9.10. The monoisotopic (exact) mass is 362 g/mol. The van der Waals surface area contributed by atoms with E-state index in [1.807, 2.05) is 0 Å². The second-order valence-electron chi connectivity index (χ2n) is 7.19. The van der Waals surface area contributed by atoms with Gasteiger partial charge in [-0.2, -0.15) is 0 Å². The highest BCUT2D eigenvalue weighted by Crippen LogP contribution is 2.56. The summed E-state index contributed by atoms with van der Waals surface area (Å²) >= 11 is 0. The fraction of sp³-hybridized carbons (Fsp3) is 0.526. The van der Waals surface area contributed by atoms with Gasteiger partial charge >= 0.3 is 17.9 Å². The molecular weight excluding hydrogens is 340 g/mol. The Balaban J connectivity index is 2.00. The highest BCUT2D eigenvalue weighted by atomic mass is 16.6. The van der Waals surface area contributed by atoms with Crippen LogP contribution < -0.4 is 0 Å². The van der Waals surface area contributed by atoms with Crippen molar-refractivity contribution in [1.82, 2.24) is 0 Å². The zero-order valence-corrected chi connectivity index (χ0v) is 14.6. The molecule has 0 amide bonds. The van der Waals surface area contributed by atoms with E-state index in [0.29, 0.717) is 6.42 Å². The fourth-order valence-corrected chi connectivity index (χ4v) is 4.34. The van der Waals surface area contributed by atoms with Crippen LogP contribution >= 0.6 is 0 Å². The van der Waals surface area contributed by atoms with Crippen LogP contribution in [0, 0.1) is 23.2 Å². The molecule has 0 aromatic carbocycles. The summed E-state index contributed by atoms with van der Waals surface area (Å²) in [5.74, 6) is -3.07. The van der Waals surface area contributed by atoms with Gasteiger partial charge in [0.1, 0.15) is 18.8 Å². The standard InChI is InChI=1S/C19H22O7/c1-5-19-6-12(25-16(21)9(2)7-20)13-10(3)18(23)26-15(13)14(19)11(4)17(22)24-8-19/h5,10,12-15,20H,1-2,4,6-8H2,3H3/t10-,12+,13-,14-,15+,19-/m1/s1. The first-order chi connectivity index (χ1) is 12.3. The van der Waals surface area contributed by atoms with Gasteiger partial charge in [-0.3, -0.25) is 4.79 Å². The first-order valence-corrected chi connectivity index (χ1v) is 8.45. The molecule has 3 rings (SSSR count). The van der Waals surface area contributed by atoms with Gasteiger partial charge in [-0.15, -0.1) is 6.58 Å². The zero-order chi connectivity index (χ0) is 19.2. The van der Waals surface area contributed by atoms with Gasteiger partial charge in [0, 0.05) is 22.8 Å². The topological polar surface area (TPSA) is 99.1 Å². The molecule has 0 aromatic rings. The molecule has 3 aliphatic rings. The molecule has 2 aliphatic heterocycles. The van der Waals surface area contributed by atoms with Crippen LogP contribution in [0.25, 0.3) is 0 Å². The highest BCUT2D eigenvalue weighted by molar-refractivity contribution is 5.90. The Morgan fingerprint density at radius 1 is 1.46 bits per heavy atom. The summed E-state index contributed by atoms with van der Waals surface area (Å²) in [6.07, 6.45) is 0.630. The Labute approximate surface area is 151 Å². The number of aliphatic hydroxyl groups excluding tert-OH is 1. The van der Waals surface area contributed by atoms with Gasteiger partial charge in [0.15, 0.2) is 0 Å². The number of fused-ring (bicyclic) bond motifs is 3. The maximum atomic E-state index is 12.2. The molecule has 1 N–H and O–H groups in total. The first-order valence-electron chi connectivity index (χ1n) is 8.45. The van der Waals surface area contributed by atoms with E-state index >= 15 is 0 Å². The first kappa shape index (κ1) is 18.4. The van der Waals surface area contributed by atoms with Gasteiger partial charge < -0.3 is 19.3 Å². The zero-order valence-electron chi connectivity index (χ0n) is 14.6. The third kappa shape index (κ3) is 2.58. The lowest BCUT2D eigenvalue weighted by Gasteiger charge is -2.51. The largest absolute Gasteiger partial charge is 0.461 e. The van der Waals surface area contributed by atoms with Crippen molar-refractivity contribution < 1.29 is 33.7 Å². The fourth-order valence-electron chi connectivity index (χ4n) is 4.34. The number of hydrogen-bond donors (Lipinski definition) is 1. The molecular formula is C19H22O7. The number of cyclic esters (lactones) is 1. The lowest BCUT2D eigenvalue weighted by Crippen LogP contribution is -2.58. The maximum Gasteiger partial charge on any atom is 0.336 e. The lowest BCUT2D eigenvalue weighted by molar-refractivity contribution is -0.177. The minimum atomic E-state index is -0.748. The molecule has 6 atom stereocenters. The Hall–Kier alpha value is -2.41. The summed E-state index contributed by atoms with van der Waals surface area (Å²) in [6, 6.07) is 0. The van der Waals surface area contributed by atoms with Crippen molar-refractivity contribution in [2.24, 2.45) is 23.2 Å². The van der Waals surface area contributed by atoms with E-state index in [-0.39, 0.29) is 17.8 Å². The molecule has 0 bridgehead atoms. The van der Waals surface area contributed by atoms with Gasteiger partial charge in [-0.25, -0.2) is 9.59 Å². The van der Waals surface area contributed by atoms with Crippen molar-refractivity contribution in [3.05, 3.63) is 37.0 Å². The number of hydrogen-bond acceptors (Lipinski definition) is 7. The van der Waals surface area contributed by atoms with Crippen molar-refractivity contribution >= 4 is 17.9 Å². The molecule has 0 unspecified atom stereocenters. The van der Waals surface area contributed by atoms with Crippen LogP contribution in [0.15, 0.2) is 37.0 Å². The molecule has 2 heterocycles. The average Bonchev–Trinajstić information content (AvgIpc) is 2.92. The molecule has 3 fully saturated rings. The van der Waals surface area contributed by atoms with E-state index in [9.17, 15) is 14.4 Å². The highest BCUT2D eigenvalue weighted by Gasteiger charge is 2.63. The van der Waals surface area contributed by atoms with E-state index in [1.54, 1.807) is 13.0 Å². The van der Waals surface area contributed by atoms with E-state index in [1.165, 1.54) is 0 Å². The second-order valence-corrected chi connectivity index (χ2v) is 7.19. The number of carbonyl (C=O) groups is 3. The van der Waals surface area contributed by atoms with Crippen LogP contribution in [0.3, 0.4) is 0 Å².